The molecule has 1 aromatic heterocycles. The third kappa shape index (κ3) is 1.64. The van der Waals surface area contributed by atoms with Crippen LogP contribution in [0.4, 0.5) is 0 Å². The summed E-state index contributed by atoms with van der Waals surface area (Å²) in [6.45, 7) is 0. The van der Waals surface area contributed by atoms with Gasteiger partial charge in [-0.25, -0.2) is 0 Å². The smallest absolute Gasteiger partial charge is 0.0955 e. The summed E-state index contributed by atoms with van der Waals surface area (Å²) in [5.74, 6) is 0. The van der Waals surface area contributed by atoms with E-state index in [9.17, 15) is 4.21 Å². The maximum Gasteiger partial charge on any atom is 0.0955 e. The van der Waals surface area contributed by atoms with Crippen LogP contribution in [-0.2, 0) is 10.8 Å². The van der Waals surface area contributed by atoms with Crippen LogP contribution in [0.5, 0.6) is 0 Å². The van der Waals surface area contributed by atoms with Crippen molar-refractivity contribution in [2.75, 3.05) is 6.26 Å². The molecule has 1 aromatic rings. The molecule has 0 bridgehead atoms. The van der Waals surface area contributed by atoms with E-state index in [0.717, 1.165) is 6.21 Å². The molecule has 0 fully saturated rings. The summed E-state index contributed by atoms with van der Waals surface area (Å²) < 4.78 is 10.9. The van der Waals surface area contributed by atoms with Crippen molar-refractivity contribution in [1.29, 1.82) is 0 Å². The van der Waals surface area contributed by atoms with Gasteiger partial charge in [0.05, 0.1) is 33.8 Å². The molecule has 0 spiro atoms. The van der Waals surface area contributed by atoms with E-state index in [4.69, 9.17) is 5.21 Å². The van der Waals surface area contributed by atoms with Crippen LogP contribution >= 0.6 is 0 Å². The zero-order valence-corrected chi connectivity index (χ0v) is 6.63. The van der Waals surface area contributed by atoms with Crippen molar-refractivity contribution < 1.29 is 9.42 Å². The molecule has 0 amide bonds. The number of H-pyrrole nitrogens is 1. The first-order valence-electron chi connectivity index (χ1n) is 2.80. The highest BCUT2D eigenvalue weighted by Crippen LogP contribution is 2.05. The molecule has 1 heterocycles. The normalized spacial score (nSPS) is 13.9. The summed E-state index contributed by atoms with van der Waals surface area (Å²) in [6, 6.07) is 0. The van der Waals surface area contributed by atoms with Crippen LogP contribution in [0.15, 0.2) is 16.2 Å². The quantitative estimate of drug-likeness (QED) is 0.374. The Balaban J connectivity index is 3.05. The Bertz CT molecular complexity index is 294. The maximum atomic E-state index is 10.9. The number of aromatic nitrogens is 2. The lowest BCUT2D eigenvalue weighted by molar-refractivity contribution is 0.321. The first-order valence-corrected chi connectivity index (χ1v) is 4.35. The van der Waals surface area contributed by atoms with Crippen molar-refractivity contribution >= 4 is 17.0 Å². The molecule has 5 nitrogen and oxygen atoms in total. The fourth-order valence-electron chi connectivity index (χ4n) is 0.664. The van der Waals surface area contributed by atoms with Gasteiger partial charge in [0.25, 0.3) is 0 Å². The standard InChI is InChI=1S/C5H7N3O2S/c1-11(10)5-3-6-8-4(5)2-7-9/h2-3,9H,1H3,(H,6,8). The molecule has 0 saturated carbocycles. The van der Waals surface area contributed by atoms with E-state index in [0.29, 0.717) is 10.6 Å². The Labute approximate surface area is 65.6 Å². The molecule has 0 saturated heterocycles. The van der Waals surface area contributed by atoms with E-state index in [1.807, 2.05) is 0 Å². The third-order valence-corrected chi connectivity index (χ3v) is 2.07. The molecule has 1 rings (SSSR count). The van der Waals surface area contributed by atoms with Gasteiger partial charge in [0, 0.05) is 6.26 Å². The molecule has 11 heavy (non-hydrogen) atoms. The first-order chi connectivity index (χ1) is 5.25. The second-order valence-electron chi connectivity index (χ2n) is 1.85. The van der Waals surface area contributed by atoms with Crippen molar-refractivity contribution in [3.8, 4) is 0 Å². The third-order valence-electron chi connectivity index (χ3n) is 1.13. The lowest BCUT2D eigenvalue weighted by Crippen LogP contribution is -1.91. The van der Waals surface area contributed by atoms with Crippen molar-refractivity contribution in [2.45, 2.75) is 4.90 Å². The average Bonchev–Trinajstić information content (AvgIpc) is 2.36. The highest BCUT2D eigenvalue weighted by atomic mass is 32.2. The Morgan fingerprint density at radius 2 is 2.64 bits per heavy atom. The molecule has 0 aromatic carbocycles. The van der Waals surface area contributed by atoms with E-state index < -0.39 is 10.8 Å². The second-order valence-corrected chi connectivity index (χ2v) is 3.19. The Kier molecular flexibility index (Phi) is 2.37. The van der Waals surface area contributed by atoms with Crippen LogP contribution < -0.4 is 0 Å². The zero-order valence-electron chi connectivity index (χ0n) is 5.81. The lowest BCUT2D eigenvalue weighted by atomic mass is 10.5. The van der Waals surface area contributed by atoms with E-state index in [1.54, 1.807) is 0 Å². The van der Waals surface area contributed by atoms with Crippen LogP contribution in [0.3, 0.4) is 0 Å². The Morgan fingerprint density at radius 1 is 1.91 bits per heavy atom. The number of oxime groups is 1. The molecule has 0 aliphatic rings. The van der Waals surface area contributed by atoms with Crippen LogP contribution in [0, 0.1) is 0 Å². The van der Waals surface area contributed by atoms with E-state index in [1.165, 1.54) is 12.5 Å². The van der Waals surface area contributed by atoms with E-state index >= 15 is 0 Å². The number of rotatable bonds is 2. The van der Waals surface area contributed by atoms with Crippen molar-refractivity contribution in [3.63, 3.8) is 0 Å². The Morgan fingerprint density at radius 3 is 3.18 bits per heavy atom. The SMILES string of the molecule is CS(=O)c1cn[nH]c1C=NO. The lowest BCUT2D eigenvalue weighted by Gasteiger charge is -1.89. The van der Waals surface area contributed by atoms with Gasteiger partial charge in [-0.2, -0.15) is 5.10 Å². The molecule has 0 aliphatic carbocycles. The summed E-state index contributed by atoms with van der Waals surface area (Å²) in [5, 5.41) is 17.1. The van der Waals surface area contributed by atoms with E-state index in [-0.39, 0.29) is 0 Å². The summed E-state index contributed by atoms with van der Waals surface area (Å²) in [7, 11) is -1.11. The van der Waals surface area contributed by atoms with Gasteiger partial charge in [-0.15, -0.1) is 0 Å². The molecular formula is C5H7N3O2S. The summed E-state index contributed by atoms with van der Waals surface area (Å²) in [4.78, 5) is 0.530. The predicted molar refractivity (Wildman–Crippen MR) is 40.3 cm³/mol. The van der Waals surface area contributed by atoms with Gasteiger partial charge in [0.2, 0.25) is 0 Å². The molecule has 1 unspecified atom stereocenters. The summed E-state index contributed by atoms with van der Waals surface area (Å²) in [5.41, 5.74) is 0.466. The Hall–Kier alpha value is -1.17. The number of hydrogen-bond acceptors (Lipinski definition) is 4. The van der Waals surface area contributed by atoms with Crippen LogP contribution in [0.25, 0.3) is 0 Å². The molecule has 0 radical (unpaired) electrons. The molecule has 6 heteroatoms. The van der Waals surface area contributed by atoms with Gasteiger partial charge in [-0.1, -0.05) is 5.16 Å². The van der Waals surface area contributed by atoms with Crippen LogP contribution in [0.1, 0.15) is 5.69 Å². The second kappa shape index (κ2) is 3.29. The largest absolute Gasteiger partial charge is 0.411 e. The van der Waals surface area contributed by atoms with Crippen molar-refractivity contribution in [1.82, 2.24) is 10.2 Å². The fourth-order valence-corrected chi connectivity index (χ4v) is 1.27. The van der Waals surface area contributed by atoms with Gasteiger partial charge in [-0.05, 0) is 0 Å². The molecule has 60 valence electrons. The van der Waals surface area contributed by atoms with Crippen molar-refractivity contribution in [2.24, 2.45) is 5.16 Å². The number of nitrogens with zero attached hydrogens (tertiary/aromatic N) is 2. The van der Waals surface area contributed by atoms with Crippen LogP contribution in [0.2, 0.25) is 0 Å². The minimum Gasteiger partial charge on any atom is -0.411 e. The van der Waals surface area contributed by atoms with Gasteiger partial charge >= 0.3 is 0 Å². The molecule has 2 N–H and O–H groups in total. The van der Waals surface area contributed by atoms with Gasteiger partial charge in [0.15, 0.2) is 0 Å². The highest BCUT2D eigenvalue weighted by molar-refractivity contribution is 7.84. The molecule has 0 aliphatic heterocycles. The van der Waals surface area contributed by atoms with Gasteiger partial charge in [0.1, 0.15) is 0 Å². The number of nitrogens with one attached hydrogen (secondary N) is 1. The minimum absolute atomic E-state index is 0.466. The van der Waals surface area contributed by atoms with Gasteiger partial charge in [-0.3, -0.25) is 9.31 Å². The zero-order chi connectivity index (χ0) is 8.27. The van der Waals surface area contributed by atoms with Gasteiger partial charge < -0.3 is 5.21 Å². The molecular weight excluding hydrogens is 166 g/mol. The fraction of sp³-hybridized carbons (Fsp3) is 0.200. The summed E-state index contributed by atoms with van der Waals surface area (Å²) >= 11 is 0. The minimum atomic E-state index is -1.11. The number of hydrogen-bond donors (Lipinski definition) is 2. The average molecular weight is 173 g/mol. The topological polar surface area (TPSA) is 78.3 Å². The van der Waals surface area contributed by atoms with Crippen molar-refractivity contribution in [3.05, 3.63) is 11.9 Å². The van der Waals surface area contributed by atoms with Crippen LogP contribution in [-0.4, -0.2) is 32.1 Å². The predicted octanol–water partition coefficient (Wildman–Crippen LogP) is -0.0448. The monoisotopic (exact) mass is 173 g/mol. The maximum absolute atomic E-state index is 10.9. The molecule has 1 atom stereocenters. The van der Waals surface area contributed by atoms with E-state index in [2.05, 4.69) is 15.4 Å². The number of aromatic amines is 1. The summed E-state index contributed by atoms with van der Waals surface area (Å²) in [6.07, 6.45) is 4.12. The first kappa shape index (κ1) is 7.93. The highest BCUT2D eigenvalue weighted by Gasteiger charge is 2.05.